The molecule has 3 aromatic rings. The summed E-state index contributed by atoms with van der Waals surface area (Å²) >= 11 is 0. The number of carbonyl (C=O) groups excluding carboxylic acids is 1. The Bertz CT molecular complexity index is 1150. The smallest absolute Gasteiger partial charge is 0.417 e. The number of halogens is 3. The largest absolute Gasteiger partial charge is 0.444 e. The van der Waals surface area contributed by atoms with Gasteiger partial charge in [0.25, 0.3) is 0 Å². The number of aromatic nitrogens is 5. The van der Waals surface area contributed by atoms with E-state index in [1.54, 1.807) is 15.8 Å². The van der Waals surface area contributed by atoms with Crippen molar-refractivity contribution >= 4 is 17.1 Å². The quantitative estimate of drug-likeness (QED) is 0.537. The molecule has 0 atom stereocenters. The molecule has 3 aromatic heterocycles. The molecule has 9 nitrogen and oxygen atoms in total. The molecule has 1 aliphatic heterocycles. The number of fused-ring (bicyclic) bond motifs is 1. The van der Waals surface area contributed by atoms with Gasteiger partial charge in [0.1, 0.15) is 17.3 Å². The molecule has 1 amide bonds. The number of rotatable bonds is 4. The summed E-state index contributed by atoms with van der Waals surface area (Å²) in [5, 5.41) is 4.92. The lowest BCUT2D eigenvalue weighted by molar-refractivity contribution is -0.137. The minimum absolute atomic E-state index is 0.0183. The monoisotopic (exact) mass is 478 g/mol. The molecule has 1 saturated heterocycles. The van der Waals surface area contributed by atoms with E-state index >= 15 is 0 Å². The van der Waals surface area contributed by atoms with Crippen molar-refractivity contribution in [3.8, 4) is 11.8 Å². The van der Waals surface area contributed by atoms with E-state index in [4.69, 9.17) is 9.47 Å². The molecule has 0 radical (unpaired) electrons. The van der Waals surface area contributed by atoms with Crippen molar-refractivity contribution < 1.29 is 27.4 Å². The second kappa shape index (κ2) is 9.07. The number of amides is 1. The Labute approximate surface area is 193 Å². The first-order chi connectivity index (χ1) is 16.0. The van der Waals surface area contributed by atoms with Crippen LogP contribution in [0.5, 0.6) is 11.8 Å². The second-order valence-corrected chi connectivity index (χ2v) is 9.14. The molecule has 4 rings (SSSR count). The van der Waals surface area contributed by atoms with Gasteiger partial charge in [0.15, 0.2) is 5.65 Å². The highest BCUT2D eigenvalue weighted by Gasteiger charge is 2.31. The zero-order valence-electron chi connectivity index (χ0n) is 19.0. The van der Waals surface area contributed by atoms with Gasteiger partial charge in [-0.3, -0.25) is 0 Å². The topological polar surface area (TPSA) is 95.3 Å². The summed E-state index contributed by atoms with van der Waals surface area (Å²) < 4.78 is 51.0. The number of likely N-dealkylation sites (tertiary alicyclic amines) is 1. The Morgan fingerprint density at radius 3 is 2.44 bits per heavy atom. The number of nitrogens with zero attached hydrogens (tertiary/aromatic N) is 6. The summed E-state index contributed by atoms with van der Waals surface area (Å²) in [5.74, 6) is 0.427. The average molecular weight is 478 g/mol. The Morgan fingerprint density at radius 2 is 1.82 bits per heavy atom. The van der Waals surface area contributed by atoms with Crippen LogP contribution >= 0.6 is 0 Å². The molecule has 0 unspecified atom stereocenters. The maximum absolute atomic E-state index is 12.7. The van der Waals surface area contributed by atoms with Gasteiger partial charge in [-0.05, 0) is 45.6 Å². The molecule has 0 aromatic carbocycles. The number of carbonyl (C=O) groups is 1. The van der Waals surface area contributed by atoms with Crippen LogP contribution in [0.3, 0.4) is 0 Å². The molecule has 0 N–H and O–H groups in total. The predicted molar refractivity (Wildman–Crippen MR) is 115 cm³/mol. The lowest BCUT2D eigenvalue weighted by atomic mass is 9.97. The van der Waals surface area contributed by atoms with Crippen molar-refractivity contribution in [2.75, 3.05) is 13.1 Å². The number of alkyl halides is 3. The van der Waals surface area contributed by atoms with E-state index in [1.165, 1.54) is 6.33 Å². The van der Waals surface area contributed by atoms with Crippen molar-refractivity contribution in [2.45, 2.75) is 51.9 Å². The third kappa shape index (κ3) is 5.54. The summed E-state index contributed by atoms with van der Waals surface area (Å²) in [6.45, 7) is 7.32. The molecule has 0 bridgehead atoms. The van der Waals surface area contributed by atoms with E-state index < -0.39 is 17.3 Å². The lowest BCUT2D eigenvalue weighted by Crippen LogP contribution is -2.42. The fourth-order valence-electron chi connectivity index (χ4n) is 3.66. The standard InChI is InChI=1S/C22H25F3N6O3/c1-21(2,3)34-20(32)30-8-6-14(7-9-30)12-31-18-16(11-29-31)19(28-13-27-18)33-17-5-4-15(10-26-17)22(23,24)25/h4-5,10-11,13-14H,6-9,12H2,1-3H3. The van der Waals surface area contributed by atoms with Crippen molar-refractivity contribution in [2.24, 2.45) is 5.92 Å². The summed E-state index contributed by atoms with van der Waals surface area (Å²) in [5.41, 5.74) is -0.846. The molecular formula is C22H25F3N6O3. The first-order valence-electron chi connectivity index (χ1n) is 10.8. The summed E-state index contributed by atoms with van der Waals surface area (Å²) in [4.78, 5) is 26.1. The molecular weight excluding hydrogens is 453 g/mol. The maximum Gasteiger partial charge on any atom is 0.417 e. The highest BCUT2D eigenvalue weighted by molar-refractivity contribution is 5.80. The number of hydrogen-bond donors (Lipinski definition) is 0. The van der Waals surface area contributed by atoms with E-state index in [0.29, 0.717) is 36.9 Å². The van der Waals surface area contributed by atoms with Gasteiger partial charge in [0.05, 0.1) is 11.8 Å². The molecule has 0 aliphatic carbocycles. The summed E-state index contributed by atoms with van der Waals surface area (Å²) in [7, 11) is 0. The van der Waals surface area contributed by atoms with Gasteiger partial charge in [0, 0.05) is 31.9 Å². The first kappa shape index (κ1) is 23.7. The third-order valence-corrected chi connectivity index (χ3v) is 5.36. The van der Waals surface area contributed by atoms with Gasteiger partial charge in [-0.1, -0.05) is 0 Å². The van der Waals surface area contributed by atoms with Crippen LogP contribution in [0.2, 0.25) is 0 Å². The SMILES string of the molecule is CC(C)(C)OC(=O)N1CCC(Cn2ncc3c(Oc4ccc(C(F)(F)F)cn4)ncnc32)CC1. The highest BCUT2D eigenvalue weighted by atomic mass is 19.4. The Hall–Kier alpha value is -3.44. The number of pyridine rings is 1. The van der Waals surface area contributed by atoms with E-state index in [1.807, 2.05) is 20.8 Å². The minimum atomic E-state index is -4.47. The predicted octanol–water partition coefficient (Wildman–Crippen LogP) is 4.68. The van der Waals surface area contributed by atoms with E-state index in [2.05, 4.69) is 20.1 Å². The van der Waals surface area contributed by atoms with Crippen LogP contribution in [0.1, 0.15) is 39.2 Å². The minimum Gasteiger partial charge on any atom is -0.444 e. The van der Waals surface area contributed by atoms with Crippen LogP contribution in [-0.2, 0) is 17.5 Å². The Kier molecular flexibility index (Phi) is 6.32. The second-order valence-electron chi connectivity index (χ2n) is 9.14. The van der Waals surface area contributed by atoms with Gasteiger partial charge >= 0.3 is 12.3 Å². The summed E-state index contributed by atoms with van der Waals surface area (Å²) in [6.07, 6.45) is 0.394. The van der Waals surface area contributed by atoms with Gasteiger partial charge in [-0.15, -0.1) is 0 Å². The van der Waals surface area contributed by atoms with Crippen LogP contribution in [0, 0.1) is 5.92 Å². The van der Waals surface area contributed by atoms with Crippen molar-refractivity contribution in [3.63, 3.8) is 0 Å². The fourth-order valence-corrected chi connectivity index (χ4v) is 3.66. The molecule has 12 heteroatoms. The molecule has 1 fully saturated rings. The van der Waals surface area contributed by atoms with Gasteiger partial charge in [-0.2, -0.15) is 18.3 Å². The van der Waals surface area contributed by atoms with E-state index in [-0.39, 0.29) is 23.8 Å². The molecule has 1 aliphatic rings. The Balaban J connectivity index is 1.41. The molecule has 182 valence electrons. The Morgan fingerprint density at radius 1 is 1.09 bits per heavy atom. The van der Waals surface area contributed by atoms with Gasteiger partial charge in [0.2, 0.25) is 11.8 Å². The number of piperidine rings is 1. The van der Waals surface area contributed by atoms with Crippen molar-refractivity contribution in [1.29, 1.82) is 0 Å². The van der Waals surface area contributed by atoms with Gasteiger partial charge in [-0.25, -0.2) is 24.4 Å². The fraction of sp³-hybridized carbons (Fsp3) is 0.500. The van der Waals surface area contributed by atoms with Crippen molar-refractivity contribution in [1.82, 2.24) is 29.6 Å². The van der Waals surface area contributed by atoms with Crippen LogP contribution in [0.25, 0.3) is 11.0 Å². The normalized spacial score (nSPS) is 15.5. The zero-order chi connectivity index (χ0) is 24.5. The third-order valence-electron chi connectivity index (χ3n) is 5.36. The molecule has 34 heavy (non-hydrogen) atoms. The molecule has 4 heterocycles. The first-order valence-corrected chi connectivity index (χ1v) is 10.8. The van der Waals surface area contributed by atoms with Gasteiger partial charge < -0.3 is 14.4 Å². The van der Waals surface area contributed by atoms with Crippen LogP contribution in [0.15, 0.2) is 30.9 Å². The van der Waals surface area contributed by atoms with Crippen LogP contribution in [-0.4, -0.2) is 54.4 Å². The summed E-state index contributed by atoms with van der Waals surface area (Å²) in [6, 6.07) is 2.04. The van der Waals surface area contributed by atoms with E-state index in [9.17, 15) is 18.0 Å². The zero-order valence-corrected chi connectivity index (χ0v) is 19.0. The lowest BCUT2D eigenvalue weighted by Gasteiger charge is -2.33. The highest BCUT2D eigenvalue weighted by Crippen LogP contribution is 2.31. The van der Waals surface area contributed by atoms with Crippen molar-refractivity contribution in [3.05, 3.63) is 36.4 Å². The number of ether oxygens (including phenoxy) is 2. The van der Waals surface area contributed by atoms with Crippen LogP contribution in [0.4, 0.5) is 18.0 Å². The number of hydrogen-bond acceptors (Lipinski definition) is 7. The molecule has 0 saturated carbocycles. The maximum atomic E-state index is 12.7. The average Bonchev–Trinajstić information content (AvgIpc) is 3.17. The van der Waals surface area contributed by atoms with Crippen LogP contribution < -0.4 is 4.74 Å². The van der Waals surface area contributed by atoms with E-state index in [0.717, 1.165) is 25.0 Å². The molecule has 0 spiro atoms.